The largest absolute Gasteiger partial charge is 0.430 e. The van der Waals surface area contributed by atoms with E-state index in [0.717, 1.165) is 6.07 Å². The van der Waals surface area contributed by atoms with Gasteiger partial charge in [0.1, 0.15) is 0 Å². The minimum atomic E-state index is -6.08. The smallest absolute Gasteiger partial charge is 0.369 e. The quantitative estimate of drug-likeness (QED) is 0.518. The van der Waals surface area contributed by atoms with Crippen LogP contribution < -0.4 is 10.6 Å². The molecule has 11 heteroatoms. The first-order valence-electron chi connectivity index (χ1n) is 7.97. The van der Waals surface area contributed by atoms with Crippen molar-refractivity contribution in [3.63, 3.8) is 0 Å². The average molecular weight is 473 g/mol. The Morgan fingerprint density at radius 2 is 1.64 bits per heavy atom. The molecule has 0 aliphatic carbocycles. The highest BCUT2D eigenvalue weighted by Gasteiger charge is 2.72. The fourth-order valence-electron chi connectivity index (χ4n) is 2.62. The lowest BCUT2D eigenvalue weighted by Crippen LogP contribution is -2.54. The summed E-state index contributed by atoms with van der Waals surface area (Å²) in [6, 6.07) is 4.67. The van der Waals surface area contributed by atoms with Crippen molar-refractivity contribution in [2.75, 3.05) is 11.9 Å². The standard InChI is InChI=1S/C17H15BrF6N2O2/c1-2-8-25-14(27)26-13-10-4-3-5-12(18)9(10)6-7-11(13)15(28,16(19,20)21)17(22,23)24/h3-7,28H,2,8H2,1H3,(H2,25,26,27). The molecule has 2 aromatic rings. The predicted octanol–water partition coefficient (Wildman–Crippen LogP) is 5.45. The Kier molecular flexibility index (Phi) is 6.19. The van der Waals surface area contributed by atoms with Gasteiger partial charge in [0.2, 0.25) is 0 Å². The lowest BCUT2D eigenvalue weighted by molar-refractivity contribution is -0.375. The monoisotopic (exact) mass is 472 g/mol. The number of nitrogens with one attached hydrogen (secondary N) is 2. The number of hydrogen-bond donors (Lipinski definition) is 3. The van der Waals surface area contributed by atoms with Crippen LogP contribution in [-0.2, 0) is 5.60 Å². The second-order valence-electron chi connectivity index (χ2n) is 5.91. The Labute approximate surface area is 164 Å². The maximum absolute atomic E-state index is 13.4. The molecule has 3 N–H and O–H groups in total. The van der Waals surface area contributed by atoms with E-state index < -0.39 is 35.2 Å². The fraction of sp³-hybridized carbons (Fsp3) is 0.353. The molecule has 2 aromatic carbocycles. The molecule has 0 unspecified atom stereocenters. The molecule has 0 spiro atoms. The summed E-state index contributed by atoms with van der Waals surface area (Å²) < 4.78 is 80.7. The molecular formula is C17H15BrF6N2O2. The lowest BCUT2D eigenvalue weighted by atomic mass is 9.88. The van der Waals surface area contributed by atoms with E-state index in [0.29, 0.717) is 17.0 Å². The predicted molar refractivity (Wildman–Crippen MR) is 95.0 cm³/mol. The molecule has 28 heavy (non-hydrogen) atoms. The Bertz CT molecular complexity index is 868. The number of carbonyl (C=O) groups excluding carboxylic acids is 1. The number of anilines is 1. The van der Waals surface area contributed by atoms with Crippen LogP contribution in [0.1, 0.15) is 18.9 Å². The molecular weight excluding hydrogens is 458 g/mol. The zero-order valence-corrected chi connectivity index (χ0v) is 15.9. The molecule has 0 bridgehead atoms. The zero-order valence-electron chi connectivity index (χ0n) is 14.3. The van der Waals surface area contributed by atoms with Crippen molar-refractivity contribution in [2.24, 2.45) is 0 Å². The van der Waals surface area contributed by atoms with Crippen molar-refractivity contribution in [2.45, 2.75) is 31.3 Å². The molecule has 0 saturated carbocycles. The van der Waals surface area contributed by atoms with Crippen LogP contribution in [0.3, 0.4) is 0 Å². The van der Waals surface area contributed by atoms with Crippen molar-refractivity contribution >= 4 is 38.4 Å². The first-order valence-corrected chi connectivity index (χ1v) is 8.76. The van der Waals surface area contributed by atoms with Crippen LogP contribution in [0.15, 0.2) is 34.8 Å². The minimum absolute atomic E-state index is 0.106. The van der Waals surface area contributed by atoms with Gasteiger partial charge < -0.3 is 15.7 Å². The van der Waals surface area contributed by atoms with Gasteiger partial charge in [-0.05, 0) is 17.9 Å². The zero-order chi connectivity index (χ0) is 21.3. The van der Waals surface area contributed by atoms with Crippen LogP contribution in [0.4, 0.5) is 36.8 Å². The van der Waals surface area contributed by atoms with Crippen molar-refractivity contribution in [1.82, 2.24) is 5.32 Å². The summed E-state index contributed by atoms with van der Waals surface area (Å²) in [6.45, 7) is 1.87. The van der Waals surface area contributed by atoms with E-state index in [9.17, 15) is 36.2 Å². The van der Waals surface area contributed by atoms with Crippen LogP contribution in [0.5, 0.6) is 0 Å². The number of halogens is 7. The topological polar surface area (TPSA) is 61.4 Å². The second kappa shape index (κ2) is 7.78. The van der Waals surface area contributed by atoms with Gasteiger partial charge in [-0.3, -0.25) is 0 Å². The summed E-state index contributed by atoms with van der Waals surface area (Å²) >= 11 is 3.16. The van der Waals surface area contributed by atoms with E-state index in [2.05, 4.69) is 21.2 Å². The van der Waals surface area contributed by atoms with E-state index in [-0.39, 0.29) is 17.3 Å². The lowest BCUT2D eigenvalue weighted by Gasteiger charge is -2.34. The molecule has 2 rings (SSSR count). The molecule has 0 aromatic heterocycles. The summed E-state index contributed by atoms with van der Waals surface area (Å²) in [6.07, 6.45) is -11.7. The van der Waals surface area contributed by atoms with Gasteiger partial charge in [0.05, 0.1) is 5.69 Å². The number of benzene rings is 2. The van der Waals surface area contributed by atoms with E-state index in [1.54, 1.807) is 6.92 Å². The molecule has 2 amide bonds. The summed E-state index contributed by atoms with van der Waals surface area (Å²) in [5.41, 5.74) is -7.49. The summed E-state index contributed by atoms with van der Waals surface area (Å²) in [5.74, 6) is 0. The first kappa shape index (κ1) is 22.3. The average Bonchev–Trinajstić information content (AvgIpc) is 2.58. The van der Waals surface area contributed by atoms with Gasteiger partial charge in [-0.25, -0.2) is 4.79 Å². The Balaban J connectivity index is 2.81. The van der Waals surface area contributed by atoms with Gasteiger partial charge in [-0.15, -0.1) is 0 Å². The normalized spacial score (nSPS) is 12.9. The van der Waals surface area contributed by atoms with Gasteiger partial charge in [0.15, 0.2) is 0 Å². The van der Waals surface area contributed by atoms with Gasteiger partial charge in [-0.2, -0.15) is 26.3 Å². The molecule has 0 aliphatic rings. The molecule has 0 radical (unpaired) electrons. The number of fused-ring (bicyclic) bond motifs is 1. The molecule has 4 nitrogen and oxygen atoms in total. The maximum atomic E-state index is 13.4. The number of carbonyl (C=O) groups is 1. The Morgan fingerprint density at radius 1 is 1.04 bits per heavy atom. The molecule has 0 heterocycles. The second-order valence-corrected chi connectivity index (χ2v) is 6.76. The highest BCUT2D eigenvalue weighted by atomic mass is 79.9. The third-order valence-electron chi connectivity index (χ3n) is 3.99. The highest BCUT2D eigenvalue weighted by molar-refractivity contribution is 9.10. The molecule has 0 aliphatic heterocycles. The van der Waals surface area contributed by atoms with Crippen LogP contribution in [0.25, 0.3) is 10.8 Å². The van der Waals surface area contributed by atoms with Gasteiger partial charge in [0.25, 0.3) is 5.60 Å². The summed E-state index contributed by atoms with van der Waals surface area (Å²) in [5, 5.41) is 14.3. The molecule has 0 fully saturated rings. The number of rotatable bonds is 4. The van der Waals surface area contributed by atoms with E-state index in [1.807, 2.05) is 5.32 Å². The summed E-state index contributed by atoms with van der Waals surface area (Å²) in [7, 11) is 0. The van der Waals surface area contributed by atoms with E-state index >= 15 is 0 Å². The number of amides is 2. The number of urea groups is 1. The van der Waals surface area contributed by atoms with Crippen LogP contribution >= 0.6 is 15.9 Å². The third-order valence-corrected chi connectivity index (χ3v) is 4.68. The Hall–Kier alpha value is -2.01. The SMILES string of the molecule is CCCNC(=O)Nc1c(C(O)(C(F)(F)F)C(F)(F)F)ccc2c(Br)cccc12. The third kappa shape index (κ3) is 3.90. The van der Waals surface area contributed by atoms with Crippen molar-refractivity contribution in [3.05, 3.63) is 40.4 Å². The first-order chi connectivity index (χ1) is 12.8. The minimum Gasteiger partial charge on any atom is -0.369 e. The molecule has 0 atom stereocenters. The number of alkyl halides is 6. The van der Waals surface area contributed by atoms with Gasteiger partial charge in [0, 0.05) is 22.0 Å². The van der Waals surface area contributed by atoms with Crippen LogP contribution in [0.2, 0.25) is 0 Å². The number of aliphatic hydroxyl groups is 1. The van der Waals surface area contributed by atoms with Gasteiger partial charge in [-0.1, -0.05) is 47.1 Å². The molecule has 0 saturated heterocycles. The van der Waals surface area contributed by atoms with Crippen molar-refractivity contribution in [3.8, 4) is 0 Å². The Morgan fingerprint density at radius 3 is 2.18 bits per heavy atom. The van der Waals surface area contributed by atoms with Crippen molar-refractivity contribution < 1.29 is 36.2 Å². The fourth-order valence-corrected chi connectivity index (χ4v) is 3.12. The van der Waals surface area contributed by atoms with Gasteiger partial charge >= 0.3 is 18.4 Å². The number of hydrogen-bond acceptors (Lipinski definition) is 2. The van der Waals surface area contributed by atoms with Crippen LogP contribution in [-0.4, -0.2) is 30.0 Å². The van der Waals surface area contributed by atoms with E-state index in [4.69, 9.17) is 0 Å². The van der Waals surface area contributed by atoms with Crippen LogP contribution in [0, 0.1) is 0 Å². The van der Waals surface area contributed by atoms with E-state index in [1.165, 1.54) is 18.2 Å². The summed E-state index contributed by atoms with van der Waals surface area (Å²) in [4.78, 5) is 12.0. The van der Waals surface area contributed by atoms with Crippen molar-refractivity contribution in [1.29, 1.82) is 0 Å². The highest BCUT2D eigenvalue weighted by Crippen LogP contribution is 2.53. The maximum Gasteiger partial charge on any atom is 0.430 e. The molecule has 154 valence electrons.